The largest absolute Gasteiger partial charge is 0.496 e. The maximum Gasteiger partial charge on any atom is 0.122 e. The van der Waals surface area contributed by atoms with Crippen LogP contribution in [-0.4, -0.2) is 31.1 Å². The highest BCUT2D eigenvalue weighted by molar-refractivity contribution is 5.45. The van der Waals surface area contributed by atoms with Gasteiger partial charge >= 0.3 is 0 Å². The lowest BCUT2D eigenvalue weighted by molar-refractivity contribution is 0.152. The third-order valence-corrected chi connectivity index (χ3v) is 4.83. The molecule has 0 saturated carbocycles. The third kappa shape index (κ3) is 3.55. The van der Waals surface area contributed by atoms with E-state index in [1.54, 1.807) is 7.11 Å². The third-order valence-electron chi connectivity index (χ3n) is 4.83. The lowest BCUT2D eigenvalue weighted by Gasteiger charge is -2.41. The van der Waals surface area contributed by atoms with Crippen molar-refractivity contribution in [3.05, 3.63) is 42.0 Å². The van der Waals surface area contributed by atoms with Crippen molar-refractivity contribution < 1.29 is 4.74 Å². The lowest BCUT2D eigenvalue weighted by atomic mass is 9.76. The number of hydrogen-bond donors (Lipinski definition) is 0. The van der Waals surface area contributed by atoms with Crippen LogP contribution in [0.1, 0.15) is 56.6 Å². The predicted molar refractivity (Wildman–Crippen MR) is 94.8 cm³/mol. The van der Waals surface area contributed by atoms with Gasteiger partial charge in [-0.05, 0) is 56.8 Å². The van der Waals surface area contributed by atoms with Crippen molar-refractivity contribution >= 4 is 0 Å². The first-order valence-corrected chi connectivity index (χ1v) is 8.77. The molecule has 22 heavy (non-hydrogen) atoms. The zero-order valence-electron chi connectivity index (χ0n) is 14.5. The standard InChI is InChI=1S/C20H31NO/c1-5-9-17-18(21(14-6-2)15-7-3)13-12-16-10-8-11-19(22-4)20(16)17/h5,8,10-11,17-18H,1,6-7,9,12-15H2,2-4H3/t17-,18-/m1/s1. The zero-order chi connectivity index (χ0) is 15.9. The van der Waals surface area contributed by atoms with E-state index in [1.165, 1.54) is 43.5 Å². The van der Waals surface area contributed by atoms with Gasteiger partial charge < -0.3 is 4.74 Å². The average Bonchev–Trinajstić information content (AvgIpc) is 2.54. The Morgan fingerprint density at radius 1 is 1.27 bits per heavy atom. The predicted octanol–water partition coefficient (Wildman–Crippen LogP) is 4.79. The SMILES string of the molecule is C=CC[C@H]1c2c(cccc2OC)CC[C@H]1N(CCC)CCC. The topological polar surface area (TPSA) is 12.5 Å². The normalized spacial score (nSPS) is 20.7. The molecule has 0 aliphatic heterocycles. The summed E-state index contributed by atoms with van der Waals surface area (Å²) < 4.78 is 5.68. The molecule has 122 valence electrons. The van der Waals surface area contributed by atoms with E-state index in [0.29, 0.717) is 12.0 Å². The van der Waals surface area contributed by atoms with Crippen LogP contribution in [0.2, 0.25) is 0 Å². The van der Waals surface area contributed by atoms with Crippen LogP contribution in [0.4, 0.5) is 0 Å². The number of nitrogens with zero attached hydrogens (tertiary/aromatic N) is 1. The number of benzene rings is 1. The maximum absolute atomic E-state index is 5.68. The van der Waals surface area contributed by atoms with Crippen molar-refractivity contribution in [2.45, 2.75) is 57.9 Å². The van der Waals surface area contributed by atoms with Crippen LogP contribution in [0.5, 0.6) is 5.75 Å². The van der Waals surface area contributed by atoms with Crippen molar-refractivity contribution in [1.82, 2.24) is 4.90 Å². The van der Waals surface area contributed by atoms with E-state index in [4.69, 9.17) is 4.74 Å². The molecule has 0 radical (unpaired) electrons. The van der Waals surface area contributed by atoms with E-state index < -0.39 is 0 Å². The van der Waals surface area contributed by atoms with Crippen molar-refractivity contribution in [2.75, 3.05) is 20.2 Å². The fourth-order valence-electron chi connectivity index (χ4n) is 4.01. The molecule has 2 heteroatoms. The summed E-state index contributed by atoms with van der Waals surface area (Å²) in [4.78, 5) is 2.70. The molecule has 0 saturated heterocycles. The minimum Gasteiger partial charge on any atom is -0.496 e. The molecule has 1 aromatic carbocycles. The minimum absolute atomic E-state index is 0.510. The molecule has 1 aliphatic carbocycles. The minimum atomic E-state index is 0.510. The number of aryl methyl sites for hydroxylation is 1. The summed E-state index contributed by atoms with van der Waals surface area (Å²) in [6, 6.07) is 7.12. The Labute approximate surface area is 136 Å². The molecule has 2 rings (SSSR count). The van der Waals surface area contributed by atoms with Crippen molar-refractivity contribution in [1.29, 1.82) is 0 Å². The monoisotopic (exact) mass is 301 g/mol. The molecule has 1 aliphatic rings. The van der Waals surface area contributed by atoms with Crippen LogP contribution >= 0.6 is 0 Å². The van der Waals surface area contributed by atoms with Gasteiger partial charge in [0.15, 0.2) is 0 Å². The van der Waals surface area contributed by atoms with Crippen LogP contribution in [0.3, 0.4) is 0 Å². The van der Waals surface area contributed by atoms with Gasteiger partial charge in [0.25, 0.3) is 0 Å². The molecule has 0 N–H and O–H groups in total. The van der Waals surface area contributed by atoms with Crippen molar-refractivity contribution in [3.63, 3.8) is 0 Å². The molecule has 2 atom stereocenters. The molecule has 1 aromatic rings. The first-order valence-electron chi connectivity index (χ1n) is 8.77. The molecular formula is C20H31NO. The first kappa shape index (κ1) is 17.1. The molecule has 0 aromatic heterocycles. The number of rotatable bonds is 8. The molecule has 0 amide bonds. The molecule has 0 bridgehead atoms. The van der Waals surface area contributed by atoms with Gasteiger partial charge in [-0.1, -0.05) is 32.1 Å². The number of ether oxygens (including phenoxy) is 1. The van der Waals surface area contributed by atoms with Crippen molar-refractivity contribution in [3.8, 4) is 5.75 Å². The van der Waals surface area contributed by atoms with Gasteiger partial charge in [0.1, 0.15) is 5.75 Å². The van der Waals surface area contributed by atoms with Gasteiger partial charge in [-0.3, -0.25) is 4.90 Å². The van der Waals surface area contributed by atoms with Crippen LogP contribution in [0, 0.1) is 0 Å². The number of methoxy groups -OCH3 is 1. The van der Waals surface area contributed by atoms with E-state index in [-0.39, 0.29) is 0 Å². The van der Waals surface area contributed by atoms with Gasteiger partial charge in [0.05, 0.1) is 7.11 Å². The van der Waals surface area contributed by atoms with Crippen LogP contribution in [0.25, 0.3) is 0 Å². The summed E-state index contributed by atoms with van der Waals surface area (Å²) in [5.41, 5.74) is 2.90. The summed E-state index contributed by atoms with van der Waals surface area (Å²) >= 11 is 0. The van der Waals surface area contributed by atoms with Gasteiger partial charge in [-0.2, -0.15) is 0 Å². The van der Waals surface area contributed by atoms with Crippen LogP contribution in [-0.2, 0) is 6.42 Å². The van der Waals surface area contributed by atoms with E-state index >= 15 is 0 Å². The molecule has 0 fully saturated rings. The number of allylic oxidation sites excluding steroid dienone is 1. The Morgan fingerprint density at radius 2 is 2.00 bits per heavy atom. The highest BCUT2D eigenvalue weighted by atomic mass is 16.5. The fraction of sp³-hybridized carbons (Fsp3) is 0.600. The zero-order valence-corrected chi connectivity index (χ0v) is 14.5. The van der Waals surface area contributed by atoms with Gasteiger partial charge in [0.2, 0.25) is 0 Å². The van der Waals surface area contributed by atoms with E-state index in [0.717, 1.165) is 18.6 Å². The number of hydrogen-bond acceptors (Lipinski definition) is 2. The smallest absolute Gasteiger partial charge is 0.122 e. The van der Waals surface area contributed by atoms with Crippen molar-refractivity contribution in [2.24, 2.45) is 0 Å². The quantitative estimate of drug-likeness (QED) is 0.640. The van der Waals surface area contributed by atoms with Crippen LogP contribution < -0.4 is 4.74 Å². The summed E-state index contributed by atoms with van der Waals surface area (Å²) in [5, 5.41) is 0. The van der Waals surface area contributed by atoms with E-state index in [1.807, 2.05) is 0 Å². The van der Waals surface area contributed by atoms with Gasteiger partial charge in [-0.15, -0.1) is 6.58 Å². The molecule has 0 heterocycles. The molecular weight excluding hydrogens is 270 g/mol. The Morgan fingerprint density at radius 3 is 2.59 bits per heavy atom. The number of fused-ring (bicyclic) bond motifs is 1. The fourth-order valence-corrected chi connectivity index (χ4v) is 4.01. The Bertz CT molecular complexity index is 462. The van der Waals surface area contributed by atoms with Gasteiger partial charge in [-0.25, -0.2) is 0 Å². The Hall–Kier alpha value is -1.28. The highest BCUT2D eigenvalue weighted by Gasteiger charge is 2.34. The summed E-state index contributed by atoms with van der Waals surface area (Å²) in [6.45, 7) is 11.0. The summed E-state index contributed by atoms with van der Waals surface area (Å²) in [7, 11) is 1.79. The molecule has 0 spiro atoms. The highest BCUT2D eigenvalue weighted by Crippen LogP contribution is 2.42. The average molecular weight is 301 g/mol. The van der Waals surface area contributed by atoms with Gasteiger partial charge in [0, 0.05) is 17.5 Å². The maximum atomic E-state index is 5.68. The first-order chi connectivity index (χ1) is 10.8. The molecule has 2 nitrogen and oxygen atoms in total. The second-order valence-electron chi connectivity index (χ2n) is 6.31. The lowest BCUT2D eigenvalue weighted by Crippen LogP contribution is -2.43. The Balaban J connectivity index is 2.38. The van der Waals surface area contributed by atoms with E-state index in [2.05, 4.69) is 49.6 Å². The van der Waals surface area contributed by atoms with E-state index in [9.17, 15) is 0 Å². The second-order valence-corrected chi connectivity index (χ2v) is 6.31. The summed E-state index contributed by atoms with van der Waals surface area (Å²) in [5.74, 6) is 1.57. The van der Waals surface area contributed by atoms with Crippen LogP contribution in [0.15, 0.2) is 30.9 Å². The molecule has 0 unspecified atom stereocenters. The second kappa shape index (κ2) is 8.38. The Kier molecular flexibility index (Phi) is 6.50. The summed E-state index contributed by atoms with van der Waals surface area (Å²) in [6.07, 6.45) is 7.96.